The molecule has 2 atom stereocenters. The van der Waals surface area contributed by atoms with Crippen molar-refractivity contribution in [1.29, 1.82) is 0 Å². The molecule has 3 heterocycles. The molecule has 2 aromatic heterocycles. The molecule has 2 amide bonds. The summed E-state index contributed by atoms with van der Waals surface area (Å²) >= 11 is 3.15. The third-order valence-corrected chi connectivity index (χ3v) is 7.84. The zero-order valence-electron chi connectivity index (χ0n) is 18.4. The fourth-order valence-electron chi connectivity index (χ4n) is 3.99. The summed E-state index contributed by atoms with van der Waals surface area (Å²) in [5, 5.41) is 3.98. The monoisotopic (exact) mass is 468 g/mol. The molecule has 1 aromatic carbocycles. The van der Waals surface area contributed by atoms with Crippen molar-refractivity contribution in [2.45, 2.75) is 38.8 Å². The molecule has 0 N–H and O–H groups in total. The molecule has 0 radical (unpaired) electrons. The Labute approximate surface area is 197 Å². The molecule has 1 aliphatic heterocycles. The molecule has 1 aliphatic rings. The quantitative estimate of drug-likeness (QED) is 0.453. The molecule has 0 saturated heterocycles. The maximum Gasteiger partial charge on any atom is 0.264 e. The van der Waals surface area contributed by atoms with Crippen LogP contribution >= 0.6 is 22.7 Å². The second-order valence-corrected chi connectivity index (χ2v) is 9.89. The van der Waals surface area contributed by atoms with E-state index in [1.54, 1.807) is 16.2 Å². The highest BCUT2D eigenvalue weighted by atomic mass is 32.1. The summed E-state index contributed by atoms with van der Waals surface area (Å²) in [5.74, 6) is 0.679. The van der Waals surface area contributed by atoms with Crippen LogP contribution in [-0.2, 0) is 11.2 Å². The average Bonchev–Trinajstić information content (AvgIpc) is 3.53. The fourth-order valence-corrected chi connectivity index (χ4v) is 5.60. The molecular weight excluding hydrogens is 440 g/mol. The number of thiophene rings is 2. The minimum atomic E-state index is -0.159. The number of amides is 2. The van der Waals surface area contributed by atoms with Gasteiger partial charge in [0.25, 0.3) is 5.91 Å². The molecule has 0 spiro atoms. The molecular formula is C25H28N2O3S2. The van der Waals surface area contributed by atoms with E-state index in [0.717, 1.165) is 24.2 Å². The van der Waals surface area contributed by atoms with E-state index in [1.807, 2.05) is 66.6 Å². The molecule has 32 heavy (non-hydrogen) atoms. The maximum atomic E-state index is 13.5. The first-order valence-electron chi connectivity index (χ1n) is 11.0. The minimum Gasteiger partial charge on any atom is -0.491 e. The van der Waals surface area contributed by atoms with E-state index in [4.69, 9.17) is 4.74 Å². The van der Waals surface area contributed by atoms with Gasteiger partial charge in [-0.25, -0.2) is 0 Å². The summed E-state index contributed by atoms with van der Waals surface area (Å²) in [4.78, 5) is 32.2. The summed E-state index contributed by atoms with van der Waals surface area (Å²) in [6.45, 7) is 5.15. The van der Waals surface area contributed by atoms with Crippen molar-refractivity contribution >= 4 is 34.5 Å². The van der Waals surface area contributed by atoms with Crippen LogP contribution in [0.5, 0.6) is 5.75 Å². The lowest BCUT2D eigenvalue weighted by molar-refractivity contribution is -0.136. The lowest BCUT2D eigenvalue weighted by atomic mass is 10.00. The summed E-state index contributed by atoms with van der Waals surface area (Å²) < 4.78 is 6.06. The van der Waals surface area contributed by atoms with E-state index in [2.05, 4.69) is 11.4 Å². The Bertz CT molecular complexity index is 1030. The fraction of sp³-hybridized carbons (Fsp3) is 0.360. The van der Waals surface area contributed by atoms with Crippen molar-refractivity contribution in [2.24, 2.45) is 0 Å². The second kappa shape index (κ2) is 10.3. The minimum absolute atomic E-state index is 0.0194. The van der Waals surface area contributed by atoms with Gasteiger partial charge in [-0.05, 0) is 60.4 Å². The smallest absolute Gasteiger partial charge is 0.264 e. The SMILES string of the molecule is CC[C@@H](C)N(CC(=O)N1CCc2sccc2[C@H]1COc1ccccc1)C(=O)c1cccs1. The molecule has 0 aliphatic carbocycles. The van der Waals surface area contributed by atoms with Gasteiger partial charge in [-0.15, -0.1) is 22.7 Å². The Morgan fingerprint density at radius 1 is 1.12 bits per heavy atom. The van der Waals surface area contributed by atoms with E-state index in [-0.39, 0.29) is 30.4 Å². The van der Waals surface area contributed by atoms with Gasteiger partial charge in [0.2, 0.25) is 5.91 Å². The van der Waals surface area contributed by atoms with Gasteiger partial charge in [-0.1, -0.05) is 31.2 Å². The first kappa shape index (κ1) is 22.6. The lowest BCUT2D eigenvalue weighted by Gasteiger charge is -2.38. The largest absolute Gasteiger partial charge is 0.491 e. The molecule has 0 saturated carbocycles. The Kier molecular flexibility index (Phi) is 7.27. The van der Waals surface area contributed by atoms with Crippen LogP contribution < -0.4 is 4.74 Å². The van der Waals surface area contributed by atoms with Gasteiger partial charge in [-0.2, -0.15) is 0 Å². The predicted molar refractivity (Wildman–Crippen MR) is 130 cm³/mol. The molecule has 0 bridgehead atoms. The zero-order valence-corrected chi connectivity index (χ0v) is 20.0. The Morgan fingerprint density at radius 2 is 1.94 bits per heavy atom. The van der Waals surface area contributed by atoms with Crippen molar-refractivity contribution < 1.29 is 14.3 Å². The van der Waals surface area contributed by atoms with Crippen LogP contribution in [0.15, 0.2) is 59.3 Å². The van der Waals surface area contributed by atoms with Crippen molar-refractivity contribution in [1.82, 2.24) is 9.80 Å². The van der Waals surface area contributed by atoms with Crippen LogP contribution in [0.25, 0.3) is 0 Å². The van der Waals surface area contributed by atoms with E-state index >= 15 is 0 Å². The number of carbonyl (C=O) groups excluding carboxylic acids is 2. The molecule has 7 heteroatoms. The molecule has 4 rings (SSSR count). The zero-order chi connectivity index (χ0) is 22.5. The maximum absolute atomic E-state index is 13.5. The van der Waals surface area contributed by atoms with Gasteiger partial charge in [0.15, 0.2) is 0 Å². The topological polar surface area (TPSA) is 49.9 Å². The van der Waals surface area contributed by atoms with E-state index in [9.17, 15) is 9.59 Å². The van der Waals surface area contributed by atoms with Crippen LogP contribution in [0.4, 0.5) is 0 Å². The van der Waals surface area contributed by atoms with Crippen LogP contribution in [0.1, 0.15) is 46.4 Å². The second-order valence-electron chi connectivity index (χ2n) is 7.94. The van der Waals surface area contributed by atoms with Crippen LogP contribution in [-0.4, -0.2) is 47.4 Å². The first-order valence-corrected chi connectivity index (χ1v) is 12.7. The molecule has 168 valence electrons. The van der Waals surface area contributed by atoms with Crippen molar-refractivity contribution in [3.8, 4) is 5.75 Å². The average molecular weight is 469 g/mol. The summed E-state index contributed by atoms with van der Waals surface area (Å²) in [5.41, 5.74) is 1.16. The highest BCUT2D eigenvalue weighted by molar-refractivity contribution is 7.12. The number of rotatable bonds is 8. The number of hydrogen-bond donors (Lipinski definition) is 0. The number of para-hydroxylation sites is 1. The first-order chi connectivity index (χ1) is 15.6. The number of carbonyl (C=O) groups is 2. The Balaban J connectivity index is 1.53. The third kappa shape index (κ3) is 4.89. The summed E-state index contributed by atoms with van der Waals surface area (Å²) in [6.07, 6.45) is 1.63. The number of nitrogens with zero attached hydrogens (tertiary/aromatic N) is 2. The van der Waals surface area contributed by atoms with Crippen LogP contribution in [0.3, 0.4) is 0 Å². The van der Waals surface area contributed by atoms with E-state index in [0.29, 0.717) is 18.0 Å². The Morgan fingerprint density at radius 3 is 2.66 bits per heavy atom. The normalized spacial score (nSPS) is 16.3. The van der Waals surface area contributed by atoms with Gasteiger partial charge in [0.1, 0.15) is 18.9 Å². The third-order valence-electron chi connectivity index (χ3n) is 5.99. The van der Waals surface area contributed by atoms with Crippen molar-refractivity contribution in [3.63, 3.8) is 0 Å². The van der Waals surface area contributed by atoms with Gasteiger partial charge in [0.05, 0.1) is 10.9 Å². The number of fused-ring (bicyclic) bond motifs is 1. The molecule has 3 aromatic rings. The van der Waals surface area contributed by atoms with E-state index in [1.165, 1.54) is 16.2 Å². The van der Waals surface area contributed by atoms with E-state index < -0.39 is 0 Å². The van der Waals surface area contributed by atoms with Gasteiger partial charge in [-0.3, -0.25) is 9.59 Å². The Hall–Kier alpha value is -2.64. The van der Waals surface area contributed by atoms with Gasteiger partial charge < -0.3 is 14.5 Å². The molecule has 0 fully saturated rings. The summed E-state index contributed by atoms with van der Waals surface area (Å²) in [6, 6.07) is 15.3. The van der Waals surface area contributed by atoms with Crippen LogP contribution in [0, 0.1) is 0 Å². The number of hydrogen-bond acceptors (Lipinski definition) is 5. The molecule has 0 unspecified atom stereocenters. The summed E-state index contributed by atoms with van der Waals surface area (Å²) in [7, 11) is 0. The van der Waals surface area contributed by atoms with Gasteiger partial charge >= 0.3 is 0 Å². The highest BCUT2D eigenvalue weighted by Crippen LogP contribution is 2.34. The van der Waals surface area contributed by atoms with Crippen LogP contribution in [0.2, 0.25) is 0 Å². The predicted octanol–water partition coefficient (Wildman–Crippen LogP) is 5.26. The number of benzene rings is 1. The number of ether oxygens (including phenoxy) is 1. The lowest BCUT2D eigenvalue weighted by Crippen LogP contribution is -2.49. The van der Waals surface area contributed by atoms with Crippen molar-refractivity contribution in [2.75, 3.05) is 19.7 Å². The van der Waals surface area contributed by atoms with Crippen molar-refractivity contribution in [3.05, 3.63) is 74.6 Å². The highest BCUT2D eigenvalue weighted by Gasteiger charge is 2.34. The standard InChI is InChI=1S/C25H28N2O3S2/c1-3-18(2)27(25(29)23-10-7-14-31-23)16-24(28)26-13-11-22-20(12-15-32-22)21(26)17-30-19-8-5-4-6-9-19/h4-10,12,14-15,18,21H,3,11,13,16-17H2,1-2H3/t18-,21-/m1/s1. The van der Waals surface area contributed by atoms with Gasteiger partial charge in [0, 0.05) is 17.5 Å². The molecule has 5 nitrogen and oxygen atoms in total.